The molecule has 1 aromatic heterocycles. The standard InChI is InChI=1S/C13H19N3O2/c1-8-10-4-3-9(7-11(10)16-15-8)13(18)12(17)5-6-14-2/h3-4,7,12-14,17-18H,5-6H2,1-2H3,(H,15,16). The van der Waals surface area contributed by atoms with E-state index in [1.165, 1.54) is 0 Å². The average molecular weight is 249 g/mol. The summed E-state index contributed by atoms with van der Waals surface area (Å²) in [4.78, 5) is 0. The van der Waals surface area contributed by atoms with E-state index in [0.29, 0.717) is 18.5 Å². The molecule has 0 bridgehead atoms. The van der Waals surface area contributed by atoms with E-state index in [4.69, 9.17) is 0 Å². The van der Waals surface area contributed by atoms with E-state index in [-0.39, 0.29) is 0 Å². The maximum Gasteiger partial charge on any atom is 0.105 e. The summed E-state index contributed by atoms with van der Waals surface area (Å²) in [6, 6.07) is 5.56. The quantitative estimate of drug-likeness (QED) is 0.634. The molecule has 0 spiro atoms. The van der Waals surface area contributed by atoms with E-state index < -0.39 is 12.2 Å². The van der Waals surface area contributed by atoms with Crippen molar-refractivity contribution < 1.29 is 10.2 Å². The number of aliphatic hydroxyl groups excluding tert-OH is 2. The third-order valence-electron chi connectivity index (χ3n) is 3.17. The topological polar surface area (TPSA) is 81.2 Å². The molecule has 0 aliphatic rings. The lowest BCUT2D eigenvalue weighted by molar-refractivity contribution is 0.0141. The second-order valence-electron chi connectivity index (χ2n) is 4.53. The molecule has 2 aromatic rings. The first-order valence-corrected chi connectivity index (χ1v) is 6.09. The Bertz CT molecular complexity index is 524. The van der Waals surface area contributed by atoms with Gasteiger partial charge in [-0.25, -0.2) is 0 Å². The number of H-pyrrole nitrogens is 1. The lowest BCUT2D eigenvalue weighted by atomic mass is 10.0. The van der Waals surface area contributed by atoms with Crippen molar-refractivity contribution in [3.05, 3.63) is 29.5 Å². The highest BCUT2D eigenvalue weighted by Crippen LogP contribution is 2.23. The van der Waals surface area contributed by atoms with Gasteiger partial charge in [0.1, 0.15) is 6.10 Å². The molecule has 98 valence electrons. The molecule has 4 N–H and O–H groups in total. The van der Waals surface area contributed by atoms with Crippen LogP contribution in [0.1, 0.15) is 23.8 Å². The van der Waals surface area contributed by atoms with Crippen LogP contribution in [0.4, 0.5) is 0 Å². The number of nitrogens with zero attached hydrogens (tertiary/aromatic N) is 1. The van der Waals surface area contributed by atoms with Crippen LogP contribution in [0.3, 0.4) is 0 Å². The zero-order chi connectivity index (χ0) is 13.1. The minimum atomic E-state index is -0.875. The van der Waals surface area contributed by atoms with Crippen molar-refractivity contribution >= 4 is 10.9 Å². The summed E-state index contributed by atoms with van der Waals surface area (Å²) in [6.07, 6.45) is -1.13. The van der Waals surface area contributed by atoms with E-state index in [1.807, 2.05) is 32.2 Å². The third kappa shape index (κ3) is 2.53. The third-order valence-corrected chi connectivity index (χ3v) is 3.17. The van der Waals surface area contributed by atoms with Crippen LogP contribution in [0.2, 0.25) is 0 Å². The van der Waals surface area contributed by atoms with Gasteiger partial charge in [0.15, 0.2) is 0 Å². The smallest absolute Gasteiger partial charge is 0.105 e. The second-order valence-corrected chi connectivity index (χ2v) is 4.53. The highest BCUT2D eigenvalue weighted by atomic mass is 16.3. The number of rotatable bonds is 5. The number of nitrogens with one attached hydrogen (secondary N) is 2. The van der Waals surface area contributed by atoms with E-state index in [1.54, 1.807) is 0 Å². The predicted molar refractivity (Wildman–Crippen MR) is 70.3 cm³/mol. The van der Waals surface area contributed by atoms with Gasteiger partial charge in [-0.2, -0.15) is 5.10 Å². The van der Waals surface area contributed by atoms with Crippen LogP contribution >= 0.6 is 0 Å². The van der Waals surface area contributed by atoms with Gasteiger partial charge in [0.25, 0.3) is 0 Å². The van der Waals surface area contributed by atoms with Gasteiger partial charge >= 0.3 is 0 Å². The van der Waals surface area contributed by atoms with E-state index >= 15 is 0 Å². The Morgan fingerprint density at radius 1 is 1.39 bits per heavy atom. The van der Waals surface area contributed by atoms with Gasteiger partial charge in [-0.15, -0.1) is 0 Å². The van der Waals surface area contributed by atoms with Crippen molar-refractivity contribution in [3.8, 4) is 0 Å². The zero-order valence-corrected chi connectivity index (χ0v) is 10.6. The van der Waals surface area contributed by atoms with E-state index in [0.717, 1.165) is 16.6 Å². The van der Waals surface area contributed by atoms with Crippen molar-refractivity contribution in [1.29, 1.82) is 0 Å². The SMILES string of the molecule is CNCCC(O)C(O)c1ccc2c(C)[nH]nc2c1. The molecule has 2 unspecified atom stereocenters. The molecule has 18 heavy (non-hydrogen) atoms. The number of benzene rings is 1. The molecule has 5 heteroatoms. The molecular formula is C13H19N3O2. The molecule has 1 aromatic carbocycles. The monoisotopic (exact) mass is 249 g/mol. The van der Waals surface area contributed by atoms with Crippen molar-refractivity contribution in [3.63, 3.8) is 0 Å². The van der Waals surface area contributed by atoms with Crippen LogP contribution in [0.5, 0.6) is 0 Å². The number of fused-ring (bicyclic) bond motifs is 1. The Labute approximate surface area is 106 Å². The number of aromatic nitrogens is 2. The minimum Gasteiger partial charge on any atom is -0.390 e. The Kier molecular flexibility index (Phi) is 3.96. The molecule has 0 radical (unpaired) electrons. The van der Waals surface area contributed by atoms with E-state index in [9.17, 15) is 10.2 Å². The highest BCUT2D eigenvalue weighted by molar-refractivity contribution is 5.81. The van der Waals surface area contributed by atoms with Gasteiger partial charge in [-0.05, 0) is 38.6 Å². The van der Waals surface area contributed by atoms with Crippen molar-refractivity contribution in [2.45, 2.75) is 25.6 Å². The Balaban J connectivity index is 2.19. The van der Waals surface area contributed by atoms with Gasteiger partial charge < -0.3 is 15.5 Å². The normalized spacial score (nSPS) is 14.9. The first-order valence-electron chi connectivity index (χ1n) is 6.09. The summed E-state index contributed by atoms with van der Waals surface area (Å²) in [5.74, 6) is 0. The molecular weight excluding hydrogens is 230 g/mol. The van der Waals surface area contributed by atoms with Gasteiger partial charge in [0, 0.05) is 11.1 Å². The van der Waals surface area contributed by atoms with Crippen LogP contribution in [0.15, 0.2) is 18.2 Å². The fraction of sp³-hybridized carbons (Fsp3) is 0.462. The van der Waals surface area contributed by atoms with Crippen molar-refractivity contribution in [2.24, 2.45) is 0 Å². The number of aryl methyl sites for hydroxylation is 1. The van der Waals surface area contributed by atoms with Crippen molar-refractivity contribution in [1.82, 2.24) is 15.5 Å². The summed E-state index contributed by atoms with van der Waals surface area (Å²) in [7, 11) is 1.82. The van der Waals surface area contributed by atoms with Gasteiger partial charge in [0.05, 0.1) is 11.6 Å². The maximum atomic E-state index is 10.1. The molecule has 0 aliphatic heterocycles. The molecule has 2 rings (SSSR count). The Morgan fingerprint density at radius 2 is 2.17 bits per heavy atom. The largest absolute Gasteiger partial charge is 0.390 e. The van der Waals surface area contributed by atoms with Crippen LogP contribution in [-0.4, -0.2) is 40.1 Å². The van der Waals surface area contributed by atoms with Crippen molar-refractivity contribution in [2.75, 3.05) is 13.6 Å². The summed E-state index contributed by atoms with van der Waals surface area (Å²) >= 11 is 0. The number of hydrogen-bond donors (Lipinski definition) is 4. The summed E-state index contributed by atoms with van der Waals surface area (Å²) < 4.78 is 0. The first kappa shape index (κ1) is 13.0. The first-order chi connectivity index (χ1) is 8.63. The Hall–Kier alpha value is -1.43. The van der Waals surface area contributed by atoms with Gasteiger partial charge in [-0.1, -0.05) is 12.1 Å². The number of aliphatic hydroxyl groups is 2. The number of aromatic amines is 1. The second kappa shape index (κ2) is 5.48. The lowest BCUT2D eigenvalue weighted by Crippen LogP contribution is -2.23. The predicted octanol–water partition coefficient (Wildman–Crippen LogP) is 0.875. The fourth-order valence-corrected chi connectivity index (χ4v) is 2.02. The molecule has 0 saturated heterocycles. The van der Waals surface area contributed by atoms with Crippen LogP contribution < -0.4 is 5.32 Å². The molecule has 0 aliphatic carbocycles. The zero-order valence-electron chi connectivity index (χ0n) is 10.6. The van der Waals surface area contributed by atoms with Crippen LogP contribution in [0, 0.1) is 6.92 Å². The van der Waals surface area contributed by atoms with Crippen LogP contribution in [0.25, 0.3) is 10.9 Å². The molecule has 1 heterocycles. The molecule has 0 fully saturated rings. The molecule has 5 nitrogen and oxygen atoms in total. The highest BCUT2D eigenvalue weighted by Gasteiger charge is 2.18. The van der Waals surface area contributed by atoms with Crippen LogP contribution in [-0.2, 0) is 0 Å². The summed E-state index contributed by atoms with van der Waals surface area (Å²) in [5.41, 5.74) is 2.50. The average Bonchev–Trinajstić information content (AvgIpc) is 2.76. The summed E-state index contributed by atoms with van der Waals surface area (Å²) in [6.45, 7) is 2.62. The van der Waals surface area contributed by atoms with Gasteiger partial charge in [0.2, 0.25) is 0 Å². The number of hydrogen-bond acceptors (Lipinski definition) is 4. The molecule has 0 amide bonds. The van der Waals surface area contributed by atoms with E-state index in [2.05, 4.69) is 15.5 Å². The minimum absolute atomic E-state index is 0.509. The lowest BCUT2D eigenvalue weighted by Gasteiger charge is -2.18. The molecule has 2 atom stereocenters. The fourth-order valence-electron chi connectivity index (χ4n) is 2.02. The summed E-state index contributed by atoms with van der Waals surface area (Å²) in [5, 5.41) is 31.0. The Morgan fingerprint density at radius 3 is 2.89 bits per heavy atom. The molecule has 0 saturated carbocycles. The van der Waals surface area contributed by atoms with Gasteiger partial charge in [-0.3, -0.25) is 5.10 Å². The maximum absolute atomic E-state index is 10.1.